The normalized spacial score (nSPS) is 10.3. The van der Waals surface area contributed by atoms with E-state index in [-0.39, 0.29) is 18.0 Å². The Hall–Kier alpha value is -1.16. The van der Waals surface area contributed by atoms with Crippen molar-refractivity contribution >= 4 is 17.5 Å². The minimum absolute atomic E-state index is 0.00328. The summed E-state index contributed by atoms with van der Waals surface area (Å²) >= 11 is 5.47. The molecular weight excluding hydrogens is 248 g/mol. The van der Waals surface area contributed by atoms with E-state index < -0.39 is 11.6 Å². The molecule has 0 aromatic heterocycles. The number of nitrogens with one attached hydrogen (secondary N) is 1. The van der Waals surface area contributed by atoms with E-state index in [2.05, 4.69) is 5.32 Å². The third-order valence-corrected chi connectivity index (χ3v) is 2.54. The molecule has 2 nitrogen and oxygen atoms in total. The van der Waals surface area contributed by atoms with Crippen LogP contribution in [-0.2, 0) is 11.3 Å². The van der Waals surface area contributed by atoms with Crippen molar-refractivity contribution in [3.05, 3.63) is 35.4 Å². The lowest BCUT2D eigenvalue weighted by Crippen LogP contribution is -2.23. The Kier molecular flexibility index (Phi) is 5.91. The second-order valence-corrected chi connectivity index (χ2v) is 4.04. The van der Waals surface area contributed by atoms with Gasteiger partial charge in [-0.1, -0.05) is 0 Å². The van der Waals surface area contributed by atoms with Crippen molar-refractivity contribution in [1.82, 2.24) is 5.32 Å². The first-order valence-electron chi connectivity index (χ1n) is 5.40. The molecular formula is C12H14ClF2NO. The van der Waals surface area contributed by atoms with E-state index in [1.807, 2.05) is 0 Å². The molecule has 0 unspecified atom stereocenters. The number of alkyl halides is 1. The summed E-state index contributed by atoms with van der Waals surface area (Å²) in [4.78, 5) is 11.3. The average molecular weight is 262 g/mol. The average Bonchev–Trinajstić information content (AvgIpc) is 2.31. The zero-order valence-electron chi connectivity index (χ0n) is 9.31. The SMILES string of the molecule is O=C(CCCCCl)NCc1cc(F)ccc1F. The van der Waals surface area contributed by atoms with Gasteiger partial charge in [0.1, 0.15) is 11.6 Å². The van der Waals surface area contributed by atoms with Gasteiger partial charge in [-0.15, -0.1) is 11.6 Å². The van der Waals surface area contributed by atoms with Gasteiger partial charge >= 0.3 is 0 Å². The molecule has 1 aromatic rings. The number of hydrogen-bond acceptors (Lipinski definition) is 1. The van der Waals surface area contributed by atoms with E-state index >= 15 is 0 Å². The van der Waals surface area contributed by atoms with Gasteiger partial charge in [0.15, 0.2) is 0 Å². The number of rotatable bonds is 6. The van der Waals surface area contributed by atoms with Gasteiger partial charge < -0.3 is 5.32 Å². The van der Waals surface area contributed by atoms with Crippen LogP contribution in [-0.4, -0.2) is 11.8 Å². The van der Waals surface area contributed by atoms with Gasteiger partial charge in [0.25, 0.3) is 0 Å². The molecule has 0 saturated heterocycles. The fourth-order valence-corrected chi connectivity index (χ4v) is 1.53. The maximum atomic E-state index is 13.2. The Bertz CT molecular complexity index is 385. The van der Waals surface area contributed by atoms with Crippen LogP contribution in [0.2, 0.25) is 0 Å². The summed E-state index contributed by atoms with van der Waals surface area (Å²) in [5.41, 5.74) is 0.149. The molecule has 0 heterocycles. The molecule has 0 aliphatic heterocycles. The van der Waals surface area contributed by atoms with Crippen molar-refractivity contribution < 1.29 is 13.6 Å². The first-order valence-corrected chi connectivity index (χ1v) is 5.93. The van der Waals surface area contributed by atoms with Gasteiger partial charge in [0.05, 0.1) is 0 Å². The summed E-state index contributed by atoms with van der Waals surface area (Å²) in [6.07, 6.45) is 1.81. The predicted molar refractivity (Wildman–Crippen MR) is 62.8 cm³/mol. The van der Waals surface area contributed by atoms with Crippen molar-refractivity contribution in [1.29, 1.82) is 0 Å². The Morgan fingerprint density at radius 2 is 2.06 bits per heavy atom. The summed E-state index contributed by atoms with van der Waals surface area (Å²) in [6, 6.07) is 3.17. The Labute approximate surface area is 104 Å². The molecule has 0 fully saturated rings. The molecule has 0 radical (unpaired) electrons. The minimum atomic E-state index is -0.521. The smallest absolute Gasteiger partial charge is 0.220 e. The first kappa shape index (κ1) is 13.9. The van der Waals surface area contributed by atoms with Gasteiger partial charge in [-0.3, -0.25) is 4.79 Å². The highest BCUT2D eigenvalue weighted by Gasteiger charge is 2.06. The van der Waals surface area contributed by atoms with Gasteiger partial charge in [0.2, 0.25) is 5.91 Å². The van der Waals surface area contributed by atoms with Gasteiger partial charge in [-0.2, -0.15) is 0 Å². The van der Waals surface area contributed by atoms with Crippen LogP contribution in [0.4, 0.5) is 8.78 Å². The molecule has 1 N–H and O–H groups in total. The summed E-state index contributed by atoms with van der Waals surface area (Å²) in [6.45, 7) is 0.00328. The van der Waals surface area contributed by atoms with Crippen molar-refractivity contribution in [2.75, 3.05) is 5.88 Å². The van der Waals surface area contributed by atoms with Crippen molar-refractivity contribution in [3.8, 4) is 0 Å². The van der Waals surface area contributed by atoms with Crippen LogP contribution in [0.5, 0.6) is 0 Å². The second-order valence-electron chi connectivity index (χ2n) is 3.66. The van der Waals surface area contributed by atoms with Crippen molar-refractivity contribution in [3.63, 3.8) is 0 Å². The highest BCUT2D eigenvalue weighted by molar-refractivity contribution is 6.17. The molecule has 5 heteroatoms. The zero-order chi connectivity index (χ0) is 12.7. The molecule has 17 heavy (non-hydrogen) atoms. The van der Waals surface area contributed by atoms with Crippen LogP contribution in [0, 0.1) is 11.6 Å². The van der Waals surface area contributed by atoms with Crippen molar-refractivity contribution in [2.24, 2.45) is 0 Å². The van der Waals surface area contributed by atoms with Crippen LogP contribution in [0.3, 0.4) is 0 Å². The van der Waals surface area contributed by atoms with E-state index in [1.165, 1.54) is 0 Å². The number of benzene rings is 1. The fraction of sp³-hybridized carbons (Fsp3) is 0.417. The molecule has 0 saturated carbocycles. The van der Waals surface area contributed by atoms with E-state index in [4.69, 9.17) is 11.6 Å². The van der Waals surface area contributed by atoms with Gasteiger partial charge in [0, 0.05) is 24.4 Å². The van der Waals surface area contributed by atoms with Crippen LogP contribution < -0.4 is 5.32 Å². The molecule has 1 amide bonds. The number of unbranched alkanes of at least 4 members (excludes halogenated alkanes) is 1. The quantitative estimate of drug-likeness (QED) is 0.619. The highest BCUT2D eigenvalue weighted by atomic mass is 35.5. The summed E-state index contributed by atoms with van der Waals surface area (Å²) in [5.74, 6) is -0.699. The van der Waals surface area contributed by atoms with E-state index in [9.17, 15) is 13.6 Å². The maximum Gasteiger partial charge on any atom is 0.220 e. The number of halogens is 3. The molecule has 0 atom stereocenters. The number of amides is 1. The molecule has 0 bridgehead atoms. The van der Waals surface area contributed by atoms with Crippen LogP contribution in [0.15, 0.2) is 18.2 Å². The zero-order valence-corrected chi connectivity index (χ0v) is 10.1. The number of carbonyl (C=O) groups excluding carboxylic acids is 1. The lowest BCUT2D eigenvalue weighted by Gasteiger charge is -2.06. The largest absolute Gasteiger partial charge is 0.352 e. The second kappa shape index (κ2) is 7.22. The topological polar surface area (TPSA) is 29.1 Å². The Morgan fingerprint density at radius 3 is 2.76 bits per heavy atom. The Morgan fingerprint density at radius 1 is 1.29 bits per heavy atom. The van der Waals surface area contributed by atoms with Gasteiger partial charge in [-0.25, -0.2) is 8.78 Å². The third kappa shape index (κ3) is 5.13. The number of carbonyl (C=O) groups is 1. The monoisotopic (exact) mass is 261 g/mol. The highest BCUT2D eigenvalue weighted by Crippen LogP contribution is 2.09. The standard InChI is InChI=1S/C12H14ClF2NO/c13-6-2-1-3-12(17)16-8-9-7-10(14)4-5-11(9)15/h4-5,7H,1-3,6,8H2,(H,16,17). The van der Waals surface area contributed by atoms with E-state index in [0.29, 0.717) is 18.7 Å². The lowest BCUT2D eigenvalue weighted by molar-refractivity contribution is -0.121. The van der Waals surface area contributed by atoms with E-state index in [1.54, 1.807) is 0 Å². The van der Waals surface area contributed by atoms with Crippen LogP contribution in [0.25, 0.3) is 0 Å². The van der Waals surface area contributed by atoms with Crippen molar-refractivity contribution in [2.45, 2.75) is 25.8 Å². The summed E-state index contributed by atoms with van der Waals surface area (Å²) in [7, 11) is 0. The van der Waals surface area contributed by atoms with Crippen LogP contribution in [0.1, 0.15) is 24.8 Å². The summed E-state index contributed by atoms with van der Waals surface area (Å²) in [5, 5.41) is 2.54. The van der Waals surface area contributed by atoms with E-state index in [0.717, 1.165) is 24.6 Å². The predicted octanol–water partition coefficient (Wildman–Crippen LogP) is 2.99. The minimum Gasteiger partial charge on any atom is -0.352 e. The third-order valence-electron chi connectivity index (χ3n) is 2.27. The molecule has 1 aromatic carbocycles. The molecule has 1 rings (SSSR count). The number of hydrogen-bond donors (Lipinski definition) is 1. The Balaban J connectivity index is 2.39. The fourth-order valence-electron chi connectivity index (χ4n) is 1.34. The molecule has 0 aliphatic rings. The molecule has 94 valence electrons. The molecule has 0 spiro atoms. The first-order chi connectivity index (χ1) is 8.13. The van der Waals surface area contributed by atoms with Gasteiger partial charge in [-0.05, 0) is 31.0 Å². The maximum absolute atomic E-state index is 13.2. The lowest BCUT2D eigenvalue weighted by atomic mass is 10.2. The molecule has 0 aliphatic carbocycles. The summed E-state index contributed by atoms with van der Waals surface area (Å²) < 4.78 is 26.0. The van der Waals surface area contributed by atoms with Crippen LogP contribution >= 0.6 is 11.6 Å².